The van der Waals surface area contributed by atoms with E-state index in [4.69, 9.17) is 21.8 Å². The lowest BCUT2D eigenvalue weighted by Crippen LogP contribution is -2.22. The molecule has 1 rings (SSSR count). The van der Waals surface area contributed by atoms with Gasteiger partial charge in [-0.15, -0.1) is 16.7 Å². The molecule has 1 unspecified atom stereocenters. The molecule has 0 aliphatic heterocycles. The van der Waals surface area contributed by atoms with Gasteiger partial charge in [0.25, 0.3) is 0 Å². The fourth-order valence-electron chi connectivity index (χ4n) is 1.05. The molecule has 88 valence electrons. The molecule has 3 N–H and O–H groups in total. The first-order valence-electron chi connectivity index (χ1n) is 4.11. The number of rotatable bonds is 5. The predicted molar refractivity (Wildman–Crippen MR) is 50.7 cm³/mol. The molecule has 0 saturated heterocycles. The molecule has 1 atom stereocenters. The molecule has 8 nitrogen and oxygen atoms in total. The minimum Gasteiger partial charge on any atom is -0.476 e. The second-order valence-electron chi connectivity index (χ2n) is 2.89. The third-order valence-electron chi connectivity index (χ3n) is 1.70. The molecule has 9 heteroatoms. The zero-order valence-corrected chi connectivity index (χ0v) is 8.63. The van der Waals surface area contributed by atoms with Crippen molar-refractivity contribution in [1.29, 1.82) is 0 Å². The summed E-state index contributed by atoms with van der Waals surface area (Å²) in [5.74, 6) is -3.10. The third-order valence-corrected chi connectivity index (χ3v) is 2.06. The maximum atomic E-state index is 10.8. The van der Waals surface area contributed by atoms with E-state index in [1.165, 1.54) is 0 Å². The molecule has 16 heavy (non-hydrogen) atoms. The van der Waals surface area contributed by atoms with E-state index in [0.717, 1.165) is 4.68 Å². The van der Waals surface area contributed by atoms with Crippen LogP contribution in [0.3, 0.4) is 0 Å². The molecular weight excluding hydrogens is 242 g/mol. The fourth-order valence-corrected chi connectivity index (χ4v) is 1.14. The summed E-state index contributed by atoms with van der Waals surface area (Å²) in [6, 6.07) is 0. The Morgan fingerprint density at radius 3 is 2.44 bits per heavy atom. The Morgan fingerprint density at radius 1 is 1.38 bits per heavy atom. The maximum Gasteiger partial charge on any atom is 0.359 e. The van der Waals surface area contributed by atoms with Crippen LogP contribution >= 0.6 is 11.6 Å². The Labute approximate surface area is 94.1 Å². The summed E-state index contributed by atoms with van der Waals surface area (Å²) in [5.41, 5.74) is -1.26. The van der Waals surface area contributed by atoms with Gasteiger partial charge in [-0.3, -0.25) is 0 Å². The lowest BCUT2D eigenvalue weighted by atomic mass is 10.3. The Balaban J connectivity index is 3.10. The molecule has 0 aliphatic carbocycles. The van der Waals surface area contributed by atoms with Gasteiger partial charge in [-0.1, -0.05) is 5.21 Å². The molecule has 0 amide bonds. The summed E-state index contributed by atoms with van der Waals surface area (Å²) in [5, 5.41) is 33.2. The molecule has 0 spiro atoms. The largest absolute Gasteiger partial charge is 0.476 e. The van der Waals surface area contributed by atoms with E-state index in [0.29, 0.717) is 0 Å². The van der Waals surface area contributed by atoms with Gasteiger partial charge in [0.1, 0.15) is 0 Å². The first-order chi connectivity index (χ1) is 7.47. The van der Waals surface area contributed by atoms with Crippen LogP contribution in [0.5, 0.6) is 0 Å². The Kier molecular flexibility index (Phi) is 3.80. The van der Waals surface area contributed by atoms with Gasteiger partial charge in [0, 0.05) is 0 Å². The van der Waals surface area contributed by atoms with Crippen LogP contribution in [-0.2, 0) is 6.54 Å². The number of carbonyl (C=O) groups is 2. The topological polar surface area (TPSA) is 126 Å². The van der Waals surface area contributed by atoms with Crippen molar-refractivity contribution >= 4 is 23.5 Å². The van der Waals surface area contributed by atoms with Crippen molar-refractivity contribution in [2.45, 2.75) is 12.6 Å². The maximum absolute atomic E-state index is 10.8. The Bertz CT molecular complexity index is 418. The number of aliphatic hydroxyl groups excluding tert-OH is 1. The van der Waals surface area contributed by atoms with E-state index in [9.17, 15) is 14.7 Å². The normalized spacial score (nSPS) is 12.4. The second-order valence-corrected chi connectivity index (χ2v) is 3.20. The average molecular weight is 250 g/mol. The van der Waals surface area contributed by atoms with Crippen LogP contribution in [0.1, 0.15) is 21.0 Å². The summed E-state index contributed by atoms with van der Waals surface area (Å²) in [6.45, 7) is -0.231. The highest BCUT2D eigenvalue weighted by molar-refractivity contribution is 6.18. The van der Waals surface area contributed by atoms with E-state index in [1.807, 2.05) is 0 Å². The van der Waals surface area contributed by atoms with Gasteiger partial charge in [-0.25, -0.2) is 14.3 Å². The molecule has 1 heterocycles. The summed E-state index contributed by atoms with van der Waals surface area (Å²) in [7, 11) is 0. The van der Waals surface area contributed by atoms with Crippen molar-refractivity contribution in [2.75, 3.05) is 5.88 Å². The number of aromatic carboxylic acids is 2. The van der Waals surface area contributed by atoms with E-state index < -0.39 is 29.4 Å². The van der Waals surface area contributed by atoms with E-state index in [-0.39, 0.29) is 12.4 Å². The number of aromatic nitrogens is 3. The average Bonchev–Trinajstić information content (AvgIpc) is 2.61. The smallest absolute Gasteiger partial charge is 0.359 e. The summed E-state index contributed by atoms with van der Waals surface area (Å²) in [4.78, 5) is 21.4. The highest BCUT2D eigenvalue weighted by Gasteiger charge is 2.25. The quantitative estimate of drug-likeness (QED) is 0.588. The zero-order valence-electron chi connectivity index (χ0n) is 7.87. The number of alkyl halides is 1. The van der Waals surface area contributed by atoms with Crippen LogP contribution in [0.4, 0.5) is 0 Å². The highest BCUT2D eigenvalue weighted by atomic mass is 35.5. The van der Waals surface area contributed by atoms with E-state index >= 15 is 0 Å². The molecule has 0 aromatic carbocycles. The number of halogens is 1. The van der Waals surface area contributed by atoms with Crippen molar-refractivity contribution in [1.82, 2.24) is 15.0 Å². The molecule has 0 radical (unpaired) electrons. The summed E-state index contributed by atoms with van der Waals surface area (Å²) < 4.78 is 0.791. The number of nitrogens with zero attached hydrogens (tertiary/aromatic N) is 3. The van der Waals surface area contributed by atoms with Gasteiger partial charge in [0.2, 0.25) is 5.69 Å². The van der Waals surface area contributed by atoms with E-state index in [2.05, 4.69) is 10.3 Å². The lowest BCUT2D eigenvalue weighted by Gasteiger charge is -2.07. The second kappa shape index (κ2) is 4.90. The predicted octanol–water partition coefficient (Wildman–Crippen LogP) is -0.726. The van der Waals surface area contributed by atoms with Crippen molar-refractivity contribution in [3.63, 3.8) is 0 Å². The van der Waals surface area contributed by atoms with Crippen LogP contribution in [0, 0.1) is 0 Å². The number of aliphatic hydroxyl groups is 1. The molecule has 1 aromatic heterocycles. The first-order valence-corrected chi connectivity index (χ1v) is 4.65. The Morgan fingerprint density at radius 2 is 2.00 bits per heavy atom. The summed E-state index contributed by atoms with van der Waals surface area (Å²) >= 11 is 5.33. The standard InChI is InChI=1S/C7H8ClN3O5/c8-1-3(12)2-11-5(7(15)16)4(6(13)14)9-10-11/h3,12H,1-2H2,(H,13,14)(H,15,16). The minimum absolute atomic E-state index is 0.124. The number of hydrogen-bond acceptors (Lipinski definition) is 5. The molecular formula is C7H8ClN3O5. The highest BCUT2D eigenvalue weighted by Crippen LogP contribution is 2.07. The SMILES string of the molecule is O=C(O)c1nnn(CC(O)CCl)c1C(=O)O. The van der Waals surface area contributed by atoms with Crippen LogP contribution in [0.15, 0.2) is 0 Å². The van der Waals surface area contributed by atoms with Gasteiger partial charge in [0.15, 0.2) is 5.69 Å². The number of carboxylic acids is 2. The van der Waals surface area contributed by atoms with Crippen molar-refractivity contribution in [3.05, 3.63) is 11.4 Å². The van der Waals surface area contributed by atoms with Crippen LogP contribution in [0.25, 0.3) is 0 Å². The lowest BCUT2D eigenvalue weighted by molar-refractivity contribution is 0.0636. The molecule has 1 aromatic rings. The monoisotopic (exact) mass is 249 g/mol. The molecule has 0 aliphatic rings. The number of carboxylic acid groups (broad SMARTS) is 2. The fraction of sp³-hybridized carbons (Fsp3) is 0.429. The van der Waals surface area contributed by atoms with Crippen LogP contribution in [-0.4, -0.2) is 54.2 Å². The molecule has 0 fully saturated rings. The number of hydrogen-bond donors (Lipinski definition) is 3. The molecule has 0 bridgehead atoms. The van der Waals surface area contributed by atoms with Gasteiger partial charge >= 0.3 is 11.9 Å². The molecule has 0 saturated carbocycles. The third kappa shape index (κ3) is 2.47. The van der Waals surface area contributed by atoms with Gasteiger partial charge in [-0.05, 0) is 0 Å². The van der Waals surface area contributed by atoms with Gasteiger partial charge < -0.3 is 15.3 Å². The first kappa shape index (κ1) is 12.4. The van der Waals surface area contributed by atoms with E-state index in [1.54, 1.807) is 0 Å². The minimum atomic E-state index is -1.50. The van der Waals surface area contributed by atoms with Crippen molar-refractivity contribution in [2.24, 2.45) is 0 Å². The van der Waals surface area contributed by atoms with Crippen LogP contribution in [0.2, 0.25) is 0 Å². The van der Waals surface area contributed by atoms with Crippen molar-refractivity contribution < 1.29 is 24.9 Å². The summed E-state index contributed by atoms with van der Waals surface area (Å²) in [6.07, 6.45) is -1.02. The zero-order chi connectivity index (χ0) is 12.3. The van der Waals surface area contributed by atoms with Gasteiger partial charge in [0.05, 0.1) is 18.5 Å². The van der Waals surface area contributed by atoms with Crippen LogP contribution < -0.4 is 0 Å². The van der Waals surface area contributed by atoms with Crippen molar-refractivity contribution in [3.8, 4) is 0 Å². The van der Waals surface area contributed by atoms with Gasteiger partial charge in [-0.2, -0.15) is 0 Å². The Hall–Kier alpha value is -1.67.